The molecule has 0 unspecified atom stereocenters. The Hall–Kier alpha value is -1.61. The highest BCUT2D eigenvalue weighted by atomic mass is 32.1. The Morgan fingerprint density at radius 3 is 2.75 bits per heavy atom. The summed E-state index contributed by atoms with van der Waals surface area (Å²) in [6.07, 6.45) is 1.93. The first-order chi connectivity index (χ1) is 7.75. The lowest BCUT2D eigenvalue weighted by Gasteiger charge is -2.02. The lowest BCUT2D eigenvalue weighted by Crippen LogP contribution is -1.92. The van der Waals surface area contributed by atoms with Gasteiger partial charge in [-0.2, -0.15) is 0 Å². The third-order valence-electron chi connectivity index (χ3n) is 2.71. The fraction of sp³-hybridized carbons (Fsp3) is 0.154. The zero-order valence-corrected chi connectivity index (χ0v) is 10.1. The van der Waals surface area contributed by atoms with Crippen molar-refractivity contribution in [2.45, 2.75) is 13.8 Å². The molecule has 0 N–H and O–H groups in total. The number of hydrogen-bond acceptors (Lipinski definition) is 2. The van der Waals surface area contributed by atoms with Gasteiger partial charge in [-0.15, -0.1) is 11.3 Å². The van der Waals surface area contributed by atoms with Gasteiger partial charge in [-0.25, -0.2) is 4.98 Å². The van der Waals surface area contributed by atoms with E-state index in [9.17, 15) is 0 Å². The lowest BCUT2D eigenvalue weighted by molar-refractivity contribution is 1.09. The number of thiophene rings is 1. The Morgan fingerprint density at radius 1 is 1.12 bits per heavy atom. The average Bonchev–Trinajstić information content (AvgIpc) is 2.84. The van der Waals surface area contributed by atoms with Gasteiger partial charge in [0.15, 0.2) is 5.82 Å². The van der Waals surface area contributed by atoms with Crippen LogP contribution in [0.4, 0.5) is 0 Å². The number of aromatic nitrogens is 2. The molecule has 3 heterocycles. The van der Waals surface area contributed by atoms with E-state index in [1.54, 1.807) is 11.3 Å². The topological polar surface area (TPSA) is 17.3 Å². The fourth-order valence-electron chi connectivity index (χ4n) is 1.94. The molecule has 0 saturated heterocycles. The van der Waals surface area contributed by atoms with Crippen molar-refractivity contribution in [3.8, 4) is 10.7 Å². The van der Waals surface area contributed by atoms with Gasteiger partial charge in [-0.3, -0.25) is 4.40 Å². The van der Waals surface area contributed by atoms with E-state index in [0.29, 0.717) is 0 Å². The predicted molar refractivity (Wildman–Crippen MR) is 68.0 cm³/mol. The van der Waals surface area contributed by atoms with Crippen LogP contribution in [-0.4, -0.2) is 9.38 Å². The summed E-state index contributed by atoms with van der Waals surface area (Å²) < 4.78 is 2.20. The van der Waals surface area contributed by atoms with Gasteiger partial charge in [-0.05, 0) is 38.1 Å². The second-order valence-electron chi connectivity index (χ2n) is 3.92. The van der Waals surface area contributed by atoms with Gasteiger partial charge in [0.2, 0.25) is 0 Å². The largest absolute Gasteiger partial charge is 0.296 e. The Morgan fingerprint density at radius 2 is 2.00 bits per heavy atom. The Labute approximate surface area is 98.2 Å². The number of nitrogens with zero attached hydrogens (tertiary/aromatic N) is 2. The van der Waals surface area contributed by atoms with E-state index in [0.717, 1.165) is 11.3 Å². The maximum absolute atomic E-state index is 4.51. The Bertz CT molecular complexity index is 649. The molecule has 3 rings (SSSR count). The van der Waals surface area contributed by atoms with Crippen molar-refractivity contribution in [1.29, 1.82) is 0 Å². The lowest BCUT2D eigenvalue weighted by atomic mass is 10.3. The second kappa shape index (κ2) is 3.46. The van der Waals surface area contributed by atoms with Crippen LogP contribution in [0.15, 0.2) is 36.5 Å². The number of hydrogen-bond donors (Lipinski definition) is 0. The maximum Gasteiger partial charge on any atom is 0.154 e. The van der Waals surface area contributed by atoms with Crippen molar-refractivity contribution in [3.63, 3.8) is 0 Å². The van der Waals surface area contributed by atoms with Gasteiger partial charge in [-0.1, -0.05) is 6.07 Å². The normalized spacial score (nSPS) is 11.1. The molecule has 3 aromatic rings. The molecule has 16 heavy (non-hydrogen) atoms. The summed E-state index contributed by atoms with van der Waals surface area (Å²) in [6, 6.07) is 10.5. The summed E-state index contributed by atoms with van der Waals surface area (Å²) in [4.78, 5) is 7.06. The summed E-state index contributed by atoms with van der Waals surface area (Å²) in [7, 11) is 0. The number of rotatable bonds is 1. The van der Waals surface area contributed by atoms with E-state index >= 15 is 0 Å². The first-order valence-electron chi connectivity index (χ1n) is 5.25. The molecule has 3 heteroatoms. The van der Waals surface area contributed by atoms with E-state index in [4.69, 9.17) is 0 Å². The molecule has 3 aromatic heterocycles. The summed E-state index contributed by atoms with van der Waals surface area (Å²) in [5.74, 6) is 1.05. The highest BCUT2D eigenvalue weighted by molar-refractivity contribution is 7.15. The second-order valence-corrected chi connectivity index (χ2v) is 5.21. The van der Waals surface area contributed by atoms with Gasteiger partial charge < -0.3 is 0 Å². The average molecular weight is 228 g/mol. The van der Waals surface area contributed by atoms with Gasteiger partial charge in [0.05, 0.1) is 16.6 Å². The third kappa shape index (κ3) is 1.36. The van der Waals surface area contributed by atoms with Gasteiger partial charge >= 0.3 is 0 Å². The van der Waals surface area contributed by atoms with Crippen LogP contribution in [0.1, 0.15) is 10.6 Å². The number of imidazole rings is 1. The third-order valence-corrected chi connectivity index (χ3v) is 3.70. The van der Waals surface area contributed by atoms with Crippen molar-refractivity contribution < 1.29 is 0 Å². The molecule has 0 radical (unpaired) electrons. The number of fused-ring (bicyclic) bond motifs is 1. The summed E-state index contributed by atoms with van der Waals surface area (Å²) in [5.41, 5.74) is 2.37. The smallest absolute Gasteiger partial charge is 0.154 e. The zero-order valence-electron chi connectivity index (χ0n) is 9.27. The molecular formula is C13H12N2S. The highest BCUT2D eigenvalue weighted by Crippen LogP contribution is 2.27. The van der Waals surface area contributed by atoms with Crippen molar-refractivity contribution in [1.82, 2.24) is 9.38 Å². The zero-order chi connectivity index (χ0) is 11.1. The van der Waals surface area contributed by atoms with E-state index in [1.165, 1.54) is 15.4 Å². The number of aryl methyl sites for hydroxylation is 2. The molecule has 0 amide bonds. The van der Waals surface area contributed by atoms with Crippen LogP contribution in [0, 0.1) is 13.8 Å². The van der Waals surface area contributed by atoms with Crippen LogP contribution in [0.25, 0.3) is 16.2 Å². The minimum Gasteiger partial charge on any atom is -0.296 e. The summed E-state index contributed by atoms with van der Waals surface area (Å²) in [5, 5.41) is 0. The minimum absolute atomic E-state index is 1.05. The van der Waals surface area contributed by atoms with Crippen LogP contribution in [0.5, 0.6) is 0 Å². The Kier molecular flexibility index (Phi) is 2.07. The summed E-state index contributed by atoms with van der Waals surface area (Å²) in [6.45, 7) is 4.23. The SMILES string of the molecule is Cc1ccc(-c2ncc3cccc(C)n23)s1. The van der Waals surface area contributed by atoms with Crippen molar-refractivity contribution in [2.24, 2.45) is 0 Å². The molecule has 0 bridgehead atoms. The van der Waals surface area contributed by atoms with Crippen LogP contribution < -0.4 is 0 Å². The quantitative estimate of drug-likeness (QED) is 0.621. The van der Waals surface area contributed by atoms with Crippen LogP contribution in [0.3, 0.4) is 0 Å². The first-order valence-corrected chi connectivity index (χ1v) is 6.07. The predicted octanol–water partition coefficient (Wildman–Crippen LogP) is 3.68. The molecule has 0 fully saturated rings. The van der Waals surface area contributed by atoms with Gasteiger partial charge in [0.1, 0.15) is 0 Å². The molecule has 0 aliphatic heterocycles. The maximum atomic E-state index is 4.51. The molecule has 0 atom stereocenters. The van der Waals surface area contributed by atoms with Crippen molar-refractivity contribution in [2.75, 3.05) is 0 Å². The molecule has 80 valence electrons. The van der Waals surface area contributed by atoms with E-state index < -0.39 is 0 Å². The molecule has 2 nitrogen and oxygen atoms in total. The van der Waals surface area contributed by atoms with E-state index in [-0.39, 0.29) is 0 Å². The highest BCUT2D eigenvalue weighted by Gasteiger charge is 2.09. The van der Waals surface area contributed by atoms with Crippen LogP contribution >= 0.6 is 11.3 Å². The van der Waals surface area contributed by atoms with Crippen molar-refractivity contribution >= 4 is 16.9 Å². The minimum atomic E-state index is 1.05. The summed E-state index contributed by atoms with van der Waals surface area (Å²) >= 11 is 1.79. The Balaban J connectivity index is 2.32. The van der Waals surface area contributed by atoms with E-state index in [2.05, 4.69) is 53.6 Å². The van der Waals surface area contributed by atoms with E-state index in [1.807, 2.05) is 6.20 Å². The van der Waals surface area contributed by atoms with Crippen LogP contribution in [0.2, 0.25) is 0 Å². The van der Waals surface area contributed by atoms with Crippen LogP contribution in [-0.2, 0) is 0 Å². The fourth-order valence-corrected chi connectivity index (χ4v) is 2.80. The molecule has 0 saturated carbocycles. The standard InChI is InChI=1S/C13H12N2S/c1-9-4-3-5-11-8-14-13(15(9)11)12-7-6-10(2)16-12/h3-8H,1-2H3. The van der Waals surface area contributed by atoms with Gasteiger partial charge in [0, 0.05) is 10.6 Å². The molecule has 0 aliphatic rings. The molecule has 0 aromatic carbocycles. The monoisotopic (exact) mass is 228 g/mol. The molecular weight excluding hydrogens is 216 g/mol. The first kappa shape index (κ1) is 9.60. The molecule has 0 aliphatic carbocycles. The van der Waals surface area contributed by atoms with Crippen molar-refractivity contribution in [3.05, 3.63) is 47.1 Å². The number of pyridine rings is 1. The van der Waals surface area contributed by atoms with Gasteiger partial charge in [0.25, 0.3) is 0 Å². The molecule has 0 spiro atoms.